The molecule has 0 heterocycles. The van der Waals surface area contributed by atoms with Crippen molar-refractivity contribution < 1.29 is 5.11 Å². The van der Waals surface area contributed by atoms with E-state index in [2.05, 4.69) is 40.2 Å². The number of benzene rings is 2. The lowest BCUT2D eigenvalue weighted by Crippen LogP contribution is -2.13. The number of fused-ring (bicyclic) bond motifs is 1. The van der Waals surface area contributed by atoms with Gasteiger partial charge in [0.05, 0.1) is 6.10 Å². The van der Waals surface area contributed by atoms with Crippen molar-refractivity contribution in [2.45, 2.75) is 12.0 Å². The topological polar surface area (TPSA) is 20.2 Å². The van der Waals surface area contributed by atoms with Gasteiger partial charge in [0.15, 0.2) is 0 Å². The zero-order valence-corrected chi connectivity index (χ0v) is 11.3. The largest absolute Gasteiger partial charge is 0.387 e. The quantitative estimate of drug-likeness (QED) is 0.833. The average molecular weight is 301 g/mol. The second-order valence-corrected chi connectivity index (χ2v) is 5.43. The first kappa shape index (κ1) is 11.7. The SMILES string of the molecule is O[C@@H]1c2ccccc2C=C[C@@H]1c1cccc(Br)c1. The van der Waals surface area contributed by atoms with Gasteiger partial charge in [-0.05, 0) is 28.8 Å². The molecule has 0 bridgehead atoms. The molecule has 0 saturated heterocycles. The summed E-state index contributed by atoms with van der Waals surface area (Å²) in [4.78, 5) is 0. The molecule has 18 heavy (non-hydrogen) atoms. The monoisotopic (exact) mass is 300 g/mol. The number of rotatable bonds is 1. The summed E-state index contributed by atoms with van der Waals surface area (Å²) in [5.41, 5.74) is 3.24. The summed E-state index contributed by atoms with van der Waals surface area (Å²) in [6, 6.07) is 16.1. The van der Waals surface area contributed by atoms with E-state index in [1.165, 1.54) is 0 Å². The summed E-state index contributed by atoms with van der Waals surface area (Å²) in [7, 11) is 0. The molecule has 2 heteroatoms. The van der Waals surface area contributed by atoms with Crippen molar-refractivity contribution in [2.24, 2.45) is 0 Å². The van der Waals surface area contributed by atoms with Crippen molar-refractivity contribution in [1.29, 1.82) is 0 Å². The molecule has 0 unspecified atom stereocenters. The highest BCUT2D eigenvalue weighted by atomic mass is 79.9. The molecule has 0 aliphatic heterocycles. The van der Waals surface area contributed by atoms with Gasteiger partial charge >= 0.3 is 0 Å². The van der Waals surface area contributed by atoms with Crippen LogP contribution in [-0.2, 0) is 0 Å². The Balaban J connectivity index is 2.03. The zero-order valence-electron chi connectivity index (χ0n) is 9.75. The van der Waals surface area contributed by atoms with Crippen molar-refractivity contribution in [3.8, 4) is 0 Å². The Hall–Kier alpha value is -1.38. The minimum absolute atomic E-state index is 0.0254. The Morgan fingerprint density at radius 2 is 1.83 bits per heavy atom. The van der Waals surface area contributed by atoms with Crippen molar-refractivity contribution in [3.63, 3.8) is 0 Å². The minimum Gasteiger partial charge on any atom is -0.387 e. The third kappa shape index (κ3) is 2.02. The number of halogens is 1. The maximum atomic E-state index is 10.5. The molecular weight excluding hydrogens is 288 g/mol. The average Bonchev–Trinajstić information content (AvgIpc) is 2.39. The van der Waals surface area contributed by atoms with Gasteiger partial charge in [-0.1, -0.05) is 64.5 Å². The standard InChI is InChI=1S/C16H13BrO/c17-13-6-3-5-12(10-13)15-9-8-11-4-1-2-7-14(11)16(15)18/h1-10,15-16,18H/t15-,16-/m1/s1. The van der Waals surface area contributed by atoms with Crippen LogP contribution in [0, 0.1) is 0 Å². The van der Waals surface area contributed by atoms with E-state index < -0.39 is 6.10 Å². The molecule has 1 aliphatic rings. The van der Waals surface area contributed by atoms with Gasteiger partial charge < -0.3 is 5.11 Å². The molecule has 90 valence electrons. The van der Waals surface area contributed by atoms with Gasteiger partial charge in [-0.3, -0.25) is 0 Å². The molecule has 1 N–H and O–H groups in total. The van der Waals surface area contributed by atoms with Crippen LogP contribution < -0.4 is 0 Å². The molecule has 0 radical (unpaired) electrons. The lowest BCUT2D eigenvalue weighted by Gasteiger charge is -2.26. The summed E-state index contributed by atoms with van der Waals surface area (Å²) >= 11 is 3.47. The highest BCUT2D eigenvalue weighted by Crippen LogP contribution is 2.38. The lowest BCUT2D eigenvalue weighted by atomic mass is 9.83. The fourth-order valence-electron chi connectivity index (χ4n) is 2.45. The zero-order chi connectivity index (χ0) is 12.5. The molecule has 0 spiro atoms. The molecule has 0 amide bonds. The van der Waals surface area contributed by atoms with Gasteiger partial charge in [0, 0.05) is 10.4 Å². The number of hydrogen-bond donors (Lipinski definition) is 1. The highest BCUT2D eigenvalue weighted by Gasteiger charge is 2.25. The van der Waals surface area contributed by atoms with E-state index >= 15 is 0 Å². The van der Waals surface area contributed by atoms with E-state index in [1.54, 1.807) is 0 Å². The van der Waals surface area contributed by atoms with Gasteiger partial charge in [-0.2, -0.15) is 0 Å². The van der Waals surface area contributed by atoms with Crippen LogP contribution >= 0.6 is 15.9 Å². The van der Waals surface area contributed by atoms with Crippen LogP contribution in [0.15, 0.2) is 59.1 Å². The van der Waals surface area contributed by atoms with Crippen LogP contribution in [0.4, 0.5) is 0 Å². The summed E-state index contributed by atoms with van der Waals surface area (Å²) < 4.78 is 1.04. The smallest absolute Gasteiger partial charge is 0.0899 e. The predicted octanol–water partition coefficient (Wildman–Crippen LogP) is 4.29. The molecule has 0 fully saturated rings. The summed E-state index contributed by atoms with van der Waals surface area (Å²) in [5, 5.41) is 10.5. The van der Waals surface area contributed by atoms with Gasteiger partial charge in [-0.15, -0.1) is 0 Å². The first-order valence-electron chi connectivity index (χ1n) is 5.96. The molecule has 2 aromatic carbocycles. The van der Waals surface area contributed by atoms with E-state index in [1.807, 2.05) is 36.4 Å². The third-order valence-electron chi connectivity index (χ3n) is 3.37. The van der Waals surface area contributed by atoms with Crippen LogP contribution in [0.5, 0.6) is 0 Å². The van der Waals surface area contributed by atoms with Crippen molar-refractivity contribution in [2.75, 3.05) is 0 Å². The van der Waals surface area contributed by atoms with Crippen LogP contribution in [0.25, 0.3) is 6.08 Å². The van der Waals surface area contributed by atoms with Gasteiger partial charge in [0.1, 0.15) is 0 Å². The van der Waals surface area contributed by atoms with Crippen LogP contribution in [0.1, 0.15) is 28.7 Å². The first-order valence-corrected chi connectivity index (χ1v) is 6.75. The predicted molar refractivity (Wildman–Crippen MR) is 77.3 cm³/mol. The molecule has 0 aromatic heterocycles. The summed E-state index contributed by atoms with van der Waals surface area (Å²) in [5.74, 6) is 0.0254. The number of hydrogen-bond acceptors (Lipinski definition) is 1. The van der Waals surface area contributed by atoms with Crippen molar-refractivity contribution >= 4 is 22.0 Å². The molecular formula is C16H13BrO. The van der Waals surface area contributed by atoms with Gasteiger partial charge in [-0.25, -0.2) is 0 Å². The molecule has 1 nitrogen and oxygen atoms in total. The van der Waals surface area contributed by atoms with Crippen molar-refractivity contribution in [1.82, 2.24) is 0 Å². The van der Waals surface area contributed by atoms with E-state index in [4.69, 9.17) is 0 Å². The number of aliphatic hydroxyl groups excluding tert-OH is 1. The second-order valence-electron chi connectivity index (χ2n) is 4.51. The van der Waals surface area contributed by atoms with Gasteiger partial charge in [0.2, 0.25) is 0 Å². The lowest BCUT2D eigenvalue weighted by molar-refractivity contribution is 0.160. The van der Waals surface area contributed by atoms with E-state index in [-0.39, 0.29) is 5.92 Å². The van der Waals surface area contributed by atoms with E-state index in [0.29, 0.717) is 0 Å². The Morgan fingerprint density at radius 1 is 1.00 bits per heavy atom. The molecule has 2 atom stereocenters. The Morgan fingerprint density at radius 3 is 2.67 bits per heavy atom. The fraction of sp³-hybridized carbons (Fsp3) is 0.125. The van der Waals surface area contributed by atoms with Crippen LogP contribution in [-0.4, -0.2) is 5.11 Å². The molecule has 0 saturated carbocycles. The number of aliphatic hydroxyl groups is 1. The van der Waals surface area contributed by atoms with Crippen molar-refractivity contribution in [3.05, 3.63) is 75.8 Å². The van der Waals surface area contributed by atoms with E-state index in [0.717, 1.165) is 21.2 Å². The molecule has 3 rings (SSSR count). The minimum atomic E-state index is -0.472. The van der Waals surface area contributed by atoms with Crippen LogP contribution in [0.2, 0.25) is 0 Å². The van der Waals surface area contributed by atoms with E-state index in [9.17, 15) is 5.11 Å². The Bertz CT molecular complexity index is 604. The molecule has 2 aromatic rings. The maximum absolute atomic E-state index is 10.5. The summed E-state index contributed by atoms with van der Waals surface area (Å²) in [6.07, 6.45) is 3.70. The normalized spacial score (nSPS) is 21.7. The Kier molecular flexibility index (Phi) is 3.06. The first-order chi connectivity index (χ1) is 8.75. The highest BCUT2D eigenvalue weighted by molar-refractivity contribution is 9.10. The van der Waals surface area contributed by atoms with Crippen LogP contribution in [0.3, 0.4) is 0 Å². The third-order valence-corrected chi connectivity index (χ3v) is 3.86. The Labute approximate surface area is 115 Å². The second kappa shape index (κ2) is 4.71. The fourth-order valence-corrected chi connectivity index (χ4v) is 2.86. The van der Waals surface area contributed by atoms with Gasteiger partial charge in [0.25, 0.3) is 0 Å². The summed E-state index contributed by atoms with van der Waals surface area (Å²) in [6.45, 7) is 0. The molecule has 1 aliphatic carbocycles. The maximum Gasteiger partial charge on any atom is 0.0899 e.